The topological polar surface area (TPSA) is 54.6 Å². The van der Waals surface area contributed by atoms with E-state index in [2.05, 4.69) is 15.2 Å². The van der Waals surface area contributed by atoms with Crippen LogP contribution in [-0.2, 0) is 20.5 Å². The summed E-state index contributed by atoms with van der Waals surface area (Å²) in [6.45, 7) is 5.47. The molecule has 0 unspecified atom stereocenters. The minimum atomic E-state index is -0.112. The Morgan fingerprint density at radius 1 is 1.27 bits per heavy atom. The number of hydrogen-bond donors (Lipinski definition) is 1. The van der Waals surface area contributed by atoms with E-state index in [1.54, 1.807) is 30.4 Å². The molecule has 2 aliphatic rings. The van der Waals surface area contributed by atoms with Crippen molar-refractivity contribution in [3.8, 4) is 0 Å². The van der Waals surface area contributed by atoms with Crippen LogP contribution < -0.4 is 11.0 Å². The molecule has 1 N–H and O–H groups in total. The monoisotopic (exact) mass is 339 g/mol. The summed E-state index contributed by atoms with van der Waals surface area (Å²) in [5.74, 6) is 1.76. The molecule has 3 heterocycles. The van der Waals surface area contributed by atoms with Gasteiger partial charge in [0, 0.05) is 64.6 Å². The quantitative estimate of drug-likeness (QED) is 0.821. The van der Waals surface area contributed by atoms with E-state index in [4.69, 9.17) is 12.2 Å². The van der Waals surface area contributed by atoms with Gasteiger partial charge in [-0.25, -0.2) is 9.79 Å². The summed E-state index contributed by atoms with van der Waals surface area (Å²) in [6, 6.07) is 0. The van der Waals surface area contributed by atoms with Gasteiger partial charge in [-0.1, -0.05) is 12.2 Å². The van der Waals surface area contributed by atoms with Crippen molar-refractivity contribution in [2.75, 3.05) is 38.5 Å². The van der Waals surface area contributed by atoms with Crippen LogP contribution in [0.3, 0.4) is 0 Å². The highest BCUT2D eigenvalue weighted by Crippen LogP contribution is 2.29. The molecule has 0 aliphatic carbocycles. The second-order valence-electron chi connectivity index (χ2n) is 5.63. The Kier molecular flexibility index (Phi) is 4.82. The molecule has 0 radical (unpaired) electrons. The van der Waals surface area contributed by atoms with Gasteiger partial charge < -0.3 is 5.32 Å². The van der Waals surface area contributed by atoms with E-state index < -0.39 is 0 Å². The Bertz CT molecular complexity index is 715. The fraction of sp³-hybridized carbons (Fsp3) is 0.643. The van der Waals surface area contributed by atoms with E-state index in [1.807, 2.05) is 0 Å². The zero-order chi connectivity index (χ0) is 15.7. The first-order valence-corrected chi connectivity index (χ1v) is 8.89. The molecule has 0 aromatic carbocycles. The molecule has 0 bridgehead atoms. The van der Waals surface area contributed by atoms with E-state index in [9.17, 15) is 4.79 Å². The van der Waals surface area contributed by atoms with Crippen molar-refractivity contribution in [2.45, 2.75) is 6.42 Å². The standard InChI is InChI=1S/C14H21N5OS2/c1-17-12-10(13(21)18(2)14(17)20)9-11(16-12)22-8-7-19-5-3-15-4-6-19/h15H,3-9H2,1-2H3. The largest absolute Gasteiger partial charge is 0.330 e. The lowest BCUT2D eigenvalue weighted by Crippen LogP contribution is -2.44. The van der Waals surface area contributed by atoms with Crippen LogP contribution in [-0.4, -0.2) is 57.6 Å². The van der Waals surface area contributed by atoms with Gasteiger partial charge in [0.05, 0.1) is 5.04 Å². The Balaban J connectivity index is 1.65. The molecule has 0 amide bonds. The predicted molar refractivity (Wildman–Crippen MR) is 94.1 cm³/mol. The van der Waals surface area contributed by atoms with Crippen LogP contribution in [0.2, 0.25) is 0 Å². The van der Waals surface area contributed by atoms with Crippen molar-refractivity contribution < 1.29 is 0 Å². The summed E-state index contributed by atoms with van der Waals surface area (Å²) in [4.78, 5) is 19.1. The second-order valence-corrected chi connectivity index (χ2v) is 7.19. The number of aromatic nitrogens is 2. The van der Waals surface area contributed by atoms with Gasteiger partial charge in [0.15, 0.2) is 0 Å². The van der Waals surface area contributed by atoms with Crippen LogP contribution in [0.5, 0.6) is 0 Å². The van der Waals surface area contributed by atoms with Gasteiger partial charge >= 0.3 is 5.69 Å². The molecule has 120 valence electrons. The fourth-order valence-electron chi connectivity index (χ4n) is 2.82. The Morgan fingerprint density at radius 2 is 2.00 bits per heavy atom. The van der Waals surface area contributed by atoms with Crippen LogP contribution in [0.15, 0.2) is 9.79 Å². The molecule has 8 heteroatoms. The number of nitrogens with zero attached hydrogens (tertiary/aromatic N) is 4. The molecule has 1 fully saturated rings. The number of piperazine rings is 1. The molecule has 0 spiro atoms. The predicted octanol–water partition coefficient (Wildman–Crippen LogP) is 0.678. The summed E-state index contributed by atoms with van der Waals surface area (Å²) in [7, 11) is 3.48. The van der Waals surface area contributed by atoms with Gasteiger partial charge in [0.1, 0.15) is 10.5 Å². The van der Waals surface area contributed by atoms with Crippen LogP contribution in [0.25, 0.3) is 0 Å². The lowest BCUT2D eigenvalue weighted by molar-refractivity contribution is 0.255. The van der Waals surface area contributed by atoms with Crippen LogP contribution in [0.1, 0.15) is 5.56 Å². The third-order valence-electron chi connectivity index (χ3n) is 4.17. The number of hydrogen-bond acceptors (Lipinski definition) is 6. The van der Waals surface area contributed by atoms with Crippen molar-refractivity contribution in [1.82, 2.24) is 19.4 Å². The van der Waals surface area contributed by atoms with E-state index in [0.29, 0.717) is 4.64 Å². The van der Waals surface area contributed by atoms with Gasteiger partial charge in [0.2, 0.25) is 0 Å². The summed E-state index contributed by atoms with van der Waals surface area (Å²) in [6.07, 6.45) is 0.752. The maximum Gasteiger partial charge on any atom is 0.330 e. The Labute approximate surface area is 139 Å². The summed E-state index contributed by atoms with van der Waals surface area (Å²) < 4.78 is 3.73. The van der Waals surface area contributed by atoms with Crippen molar-refractivity contribution in [3.05, 3.63) is 20.7 Å². The van der Waals surface area contributed by atoms with Gasteiger partial charge in [-0.3, -0.25) is 14.0 Å². The SMILES string of the molecule is Cn1c2c(c(=S)n(C)c1=O)CC(SCCN1CCNCC1)=N2. The fourth-order valence-corrected chi connectivity index (χ4v) is 4.04. The number of rotatable bonds is 3. The minimum absolute atomic E-state index is 0.112. The maximum absolute atomic E-state index is 12.0. The minimum Gasteiger partial charge on any atom is -0.314 e. The van der Waals surface area contributed by atoms with E-state index in [-0.39, 0.29) is 5.69 Å². The average molecular weight is 339 g/mol. The number of fused-ring (bicyclic) bond motifs is 1. The van der Waals surface area contributed by atoms with Gasteiger partial charge in [-0.2, -0.15) is 0 Å². The molecule has 0 atom stereocenters. The lowest BCUT2D eigenvalue weighted by Gasteiger charge is -2.26. The second kappa shape index (κ2) is 6.66. The van der Waals surface area contributed by atoms with Gasteiger partial charge in [-0.05, 0) is 0 Å². The highest BCUT2D eigenvalue weighted by atomic mass is 32.2. The van der Waals surface area contributed by atoms with Crippen LogP contribution in [0, 0.1) is 4.64 Å². The average Bonchev–Trinajstić information content (AvgIpc) is 2.96. The van der Waals surface area contributed by atoms with Crippen molar-refractivity contribution in [2.24, 2.45) is 19.1 Å². The molecule has 1 aromatic heterocycles. The Hall–Kier alpha value is -0.960. The van der Waals surface area contributed by atoms with Gasteiger partial charge in [-0.15, -0.1) is 11.8 Å². The molecular weight excluding hydrogens is 318 g/mol. The smallest absolute Gasteiger partial charge is 0.314 e. The number of aliphatic imine (C=N–C) groups is 1. The summed E-state index contributed by atoms with van der Waals surface area (Å²) in [5.41, 5.74) is 0.892. The van der Waals surface area contributed by atoms with Crippen molar-refractivity contribution >= 4 is 34.8 Å². The van der Waals surface area contributed by atoms with Crippen molar-refractivity contribution in [3.63, 3.8) is 0 Å². The van der Waals surface area contributed by atoms with E-state index >= 15 is 0 Å². The summed E-state index contributed by atoms with van der Waals surface area (Å²) >= 11 is 7.17. The molecule has 0 saturated carbocycles. The molecule has 22 heavy (non-hydrogen) atoms. The summed E-state index contributed by atoms with van der Waals surface area (Å²) in [5, 5.41) is 4.43. The zero-order valence-corrected chi connectivity index (χ0v) is 14.6. The first-order chi connectivity index (χ1) is 10.6. The number of nitrogens with one attached hydrogen (secondary N) is 1. The Morgan fingerprint density at radius 3 is 2.73 bits per heavy atom. The molecule has 2 aliphatic heterocycles. The number of thioether (sulfide) groups is 1. The molecule has 1 aromatic rings. The van der Waals surface area contributed by atoms with E-state index in [0.717, 1.165) is 61.3 Å². The first kappa shape index (κ1) is 15.9. The normalized spacial score (nSPS) is 18.4. The third kappa shape index (κ3) is 3.05. The first-order valence-electron chi connectivity index (χ1n) is 7.50. The van der Waals surface area contributed by atoms with Crippen molar-refractivity contribution in [1.29, 1.82) is 0 Å². The third-order valence-corrected chi connectivity index (χ3v) is 5.64. The highest BCUT2D eigenvalue weighted by molar-refractivity contribution is 8.14. The maximum atomic E-state index is 12.0. The zero-order valence-electron chi connectivity index (χ0n) is 13.0. The molecular formula is C14H21N5OS2. The highest BCUT2D eigenvalue weighted by Gasteiger charge is 2.21. The van der Waals surface area contributed by atoms with Crippen LogP contribution >= 0.6 is 24.0 Å². The van der Waals surface area contributed by atoms with E-state index in [1.165, 1.54) is 4.57 Å². The molecule has 1 saturated heterocycles. The van der Waals surface area contributed by atoms with Crippen LogP contribution in [0.4, 0.5) is 5.82 Å². The molecule has 6 nitrogen and oxygen atoms in total. The molecule has 3 rings (SSSR count). The van der Waals surface area contributed by atoms with Gasteiger partial charge in [0.25, 0.3) is 0 Å². The lowest BCUT2D eigenvalue weighted by atomic mass is 10.2.